The Labute approximate surface area is 161 Å². The summed E-state index contributed by atoms with van der Waals surface area (Å²) in [5.41, 5.74) is 6.67. The Morgan fingerprint density at radius 1 is 1.15 bits per heavy atom. The molecule has 2 aromatic rings. The van der Waals surface area contributed by atoms with Crippen LogP contribution in [0.15, 0.2) is 28.4 Å². The minimum atomic E-state index is -0.700. The summed E-state index contributed by atoms with van der Waals surface area (Å²) in [5, 5.41) is 0.492. The number of nitrogens with two attached hydrogens (primary N) is 1. The molecule has 4 rings (SSSR count). The van der Waals surface area contributed by atoms with Crippen molar-refractivity contribution in [1.82, 2.24) is 15.0 Å². The van der Waals surface area contributed by atoms with E-state index >= 15 is 0 Å². The van der Waals surface area contributed by atoms with Crippen molar-refractivity contribution < 1.29 is 4.39 Å². The van der Waals surface area contributed by atoms with Gasteiger partial charge in [-0.2, -0.15) is 4.39 Å². The van der Waals surface area contributed by atoms with Crippen LogP contribution in [0.4, 0.5) is 16.0 Å². The van der Waals surface area contributed by atoms with E-state index in [0.29, 0.717) is 21.2 Å². The summed E-state index contributed by atoms with van der Waals surface area (Å²) in [6.45, 7) is 2.00. The largest absolute Gasteiger partial charge is 0.381 e. The van der Waals surface area contributed by atoms with E-state index in [9.17, 15) is 4.39 Å². The zero-order valence-electron chi connectivity index (χ0n) is 14.4. The maximum atomic E-state index is 13.5. The van der Waals surface area contributed by atoms with Gasteiger partial charge in [0.05, 0.1) is 6.20 Å². The molecule has 0 bridgehead atoms. The normalized spacial score (nSPS) is 19.2. The number of anilines is 2. The second-order valence-electron chi connectivity index (χ2n) is 7.13. The third kappa shape index (κ3) is 3.47. The predicted octanol–water partition coefficient (Wildman–Crippen LogP) is 4.56. The highest BCUT2D eigenvalue weighted by atomic mass is 35.5. The van der Waals surface area contributed by atoms with Crippen molar-refractivity contribution in [1.29, 1.82) is 0 Å². The lowest BCUT2D eigenvalue weighted by atomic mass is 9.77. The highest BCUT2D eigenvalue weighted by molar-refractivity contribution is 7.99. The topological polar surface area (TPSA) is 67.9 Å². The summed E-state index contributed by atoms with van der Waals surface area (Å²) in [6.07, 6.45) is 11.0. The smallest absolute Gasteiger partial charge is 0.232 e. The Balaban J connectivity index is 1.47. The van der Waals surface area contributed by atoms with Crippen LogP contribution in [0.25, 0.3) is 0 Å². The van der Waals surface area contributed by atoms with Crippen LogP contribution in [0.5, 0.6) is 0 Å². The first-order valence-electron chi connectivity index (χ1n) is 8.92. The maximum Gasteiger partial charge on any atom is 0.232 e. The molecule has 1 aliphatic heterocycles. The van der Waals surface area contributed by atoms with Gasteiger partial charge in [-0.3, -0.25) is 0 Å². The highest BCUT2D eigenvalue weighted by Crippen LogP contribution is 2.46. The molecule has 3 heterocycles. The first kappa shape index (κ1) is 17.8. The molecule has 8 heteroatoms. The summed E-state index contributed by atoms with van der Waals surface area (Å²) >= 11 is 7.15. The summed E-state index contributed by atoms with van der Waals surface area (Å²) in [7, 11) is 0. The fraction of sp³-hybridized carbons (Fsp3) is 0.500. The van der Waals surface area contributed by atoms with Gasteiger partial charge in [0, 0.05) is 24.2 Å². The standard InChI is InChI=1S/C18H21ClFN5S/c19-14-12(3-8-22-15(14)20)26-17-16(21)24-13(11-23-17)25-9-6-18(7-10-25)4-1-2-5-18/h3,8,11H,1-2,4-7,9-10H2,(H2,21,24). The summed E-state index contributed by atoms with van der Waals surface area (Å²) in [6, 6.07) is 1.64. The molecule has 0 atom stereocenters. The van der Waals surface area contributed by atoms with Gasteiger partial charge in [0.2, 0.25) is 5.95 Å². The van der Waals surface area contributed by atoms with Crippen molar-refractivity contribution in [3.05, 3.63) is 29.4 Å². The number of nitrogen functional groups attached to an aromatic ring is 1. The van der Waals surface area contributed by atoms with E-state index < -0.39 is 5.95 Å². The lowest BCUT2D eigenvalue weighted by Gasteiger charge is -2.39. The molecule has 2 aliphatic rings. The third-order valence-electron chi connectivity index (χ3n) is 5.58. The monoisotopic (exact) mass is 393 g/mol. The van der Waals surface area contributed by atoms with Gasteiger partial charge in [0.1, 0.15) is 15.9 Å². The quantitative estimate of drug-likeness (QED) is 0.771. The minimum Gasteiger partial charge on any atom is -0.381 e. The average molecular weight is 394 g/mol. The lowest BCUT2D eigenvalue weighted by molar-refractivity contribution is 0.226. The van der Waals surface area contributed by atoms with Crippen LogP contribution in [0.2, 0.25) is 5.02 Å². The van der Waals surface area contributed by atoms with Gasteiger partial charge >= 0.3 is 0 Å². The van der Waals surface area contributed by atoms with Crippen LogP contribution in [0, 0.1) is 11.4 Å². The van der Waals surface area contributed by atoms with E-state index in [1.54, 1.807) is 12.3 Å². The van der Waals surface area contributed by atoms with Crippen LogP contribution < -0.4 is 10.6 Å². The molecule has 1 saturated heterocycles. The van der Waals surface area contributed by atoms with Gasteiger partial charge in [-0.1, -0.05) is 36.2 Å². The molecule has 26 heavy (non-hydrogen) atoms. The van der Waals surface area contributed by atoms with Crippen LogP contribution in [0.3, 0.4) is 0 Å². The fourth-order valence-electron chi connectivity index (χ4n) is 4.03. The molecule has 0 unspecified atom stereocenters. The van der Waals surface area contributed by atoms with Gasteiger partial charge in [-0.15, -0.1) is 0 Å². The molecule has 1 spiro atoms. The highest BCUT2D eigenvalue weighted by Gasteiger charge is 2.37. The molecule has 2 aromatic heterocycles. The molecule has 2 N–H and O–H groups in total. The molecule has 1 aliphatic carbocycles. The number of nitrogens with zero attached hydrogens (tertiary/aromatic N) is 4. The van der Waals surface area contributed by atoms with Gasteiger partial charge in [-0.05, 0) is 37.2 Å². The second kappa shape index (κ2) is 7.19. The van der Waals surface area contributed by atoms with Crippen LogP contribution in [-0.2, 0) is 0 Å². The number of rotatable bonds is 3. The molecule has 1 saturated carbocycles. The molecule has 2 fully saturated rings. The van der Waals surface area contributed by atoms with E-state index in [0.717, 1.165) is 18.9 Å². The molecule has 0 amide bonds. The second-order valence-corrected chi connectivity index (χ2v) is 8.54. The van der Waals surface area contributed by atoms with Crippen molar-refractivity contribution >= 4 is 35.0 Å². The zero-order valence-corrected chi connectivity index (χ0v) is 16.0. The van der Waals surface area contributed by atoms with Crippen LogP contribution in [-0.4, -0.2) is 28.0 Å². The first-order chi connectivity index (χ1) is 12.6. The third-order valence-corrected chi connectivity index (χ3v) is 7.12. The number of halogens is 2. The number of pyridine rings is 1. The molecule has 5 nitrogen and oxygen atoms in total. The van der Waals surface area contributed by atoms with Gasteiger partial charge < -0.3 is 10.6 Å². The van der Waals surface area contributed by atoms with E-state index in [4.69, 9.17) is 17.3 Å². The molecular formula is C18H21ClFN5S. The van der Waals surface area contributed by atoms with E-state index in [2.05, 4.69) is 19.9 Å². The SMILES string of the molecule is Nc1nc(N2CCC3(CCCC3)CC2)cnc1Sc1ccnc(F)c1Cl. The average Bonchev–Trinajstić information content (AvgIpc) is 3.09. The minimum absolute atomic E-state index is 0.0272. The molecule has 0 aromatic carbocycles. The van der Waals surface area contributed by atoms with E-state index in [1.165, 1.54) is 56.5 Å². The van der Waals surface area contributed by atoms with Crippen molar-refractivity contribution in [2.24, 2.45) is 5.41 Å². The van der Waals surface area contributed by atoms with Crippen LogP contribution in [0.1, 0.15) is 38.5 Å². The summed E-state index contributed by atoms with van der Waals surface area (Å²) in [4.78, 5) is 15.3. The Kier molecular flexibility index (Phi) is 4.92. The first-order valence-corrected chi connectivity index (χ1v) is 10.1. The Hall–Kier alpha value is -1.60. The number of piperidine rings is 1. The van der Waals surface area contributed by atoms with Gasteiger partial charge in [0.25, 0.3) is 0 Å². The number of hydrogen-bond acceptors (Lipinski definition) is 6. The Morgan fingerprint density at radius 2 is 1.88 bits per heavy atom. The van der Waals surface area contributed by atoms with Gasteiger partial charge in [-0.25, -0.2) is 15.0 Å². The van der Waals surface area contributed by atoms with Crippen molar-refractivity contribution in [3.63, 3.8) is 0 Å². The maximum absolute atomic E-state index is 13.5. The Morgan fingerprint density at radius 3 is 2.58 bits per heavy atom. The Bertz CT molecular complexity index is 802. The van der Waals surface area contributed by atoms with Gasteiger partial charge in [0.15, 0.2) is 5.82 Å². The van der Waals surface area contributed by atoms with Crippen molar-refractivity contribution in [2.75, 3.05) is 23.7 Å². The zero-order chi connectivity index (χ0) is 18.1. The number of hydrogen-bond donors (Lipinski definition) is 1. The molecule has 0 radical (unpaired) electrons. The lowest BCUT2D eigenvalue weighted by Crippen LogP contribution is -2.39. The van der Waals surface area contributed by atoms with E-state index in [-0.39, 0.29) is 5.02 Å². The van der Waals surface area contributed by atoms with E-state index in [1.807, 2.05) is 0 Å². The number of aromatic nitrogens is 3. The van der Waals surface area contributed by atoms with Crippen molar-refractivity contribution in [3.8, 4) is 0 Å². The van der Waals surface area contributed by atoms with Crippen LogP contribution >= 0.6 is 23.4 Å². The molecule has 138 valence electrons. The molecular weight excluding hydrogens is 373 g/mol. The predicted molar refractivity (Wildman–Crippen MR) is 102 cm³/mol. The fourth-order valence-corrected chi connectivity index (χ4v) is 5.03. The van der Waals surface area contributed by atoms with Crippen molar-refractivity contribution in [2.45, 2.75) is 48.4 Å². The summed E-state index contributed by atoms with van der Waals surface area (Å²) in [5.74, 6) is 0.447. The summed E-state index contributed by atoms with van der Waals surface area (Å²) < 4.78 is 13.5.